The van der Waals surface area contributed by atoms with Crippen molar-refractivity contribution in [2.45, 2.75) is 59.1 Å². The molecule has 1 fully saturated rings. The summed E-state index contributed by atoms with van der Waals surface area (Å²) in [6, 6.07) is 0.0939. The molecule has 5 heteroatoms. The number of alkyl carbamates (subject to hydrolysis) is 1. The van der Waals surface area contributed by atoms with Gasteiger partial charge in [0.25, 0.3) is 0 Å². The van der Waals surface area contributed by atoms with Gasteiger partial charge in [0.1, 0.15) is 5.60 Å². The molecule has 1 saturated heterocycles. The van der Waals surface area contributed by atoms with Crippen molar-refractivity contribution in [3.8, 4) is 0 Å². The predicted molar refractivity (Wildman–Crippen MR) is 86.5 cm³/mol. The van der Waals surface area contributed by atoms with E-state index in [9.17, 15) is 4.79 Å². The zero-order valence-electron chi connectivity index (χ0n) is 14.3. The van der Waals surface area contributed by atoms with E-state index in [-0.39, 0.29) is 12.1 Å². The van der Waals surface area contributed by atoms with E-state index in [4.69, 9.17) is 4.74 Å². The largest absolute Gasteiger partial charge is 0.444 e. The fourth-order valence-electron chi connectivity index (χ4n) is 2.45. The Bertz CT molecular complexity index is 307. The van der Waals surface area contributed by atoms with Gasteiger partial charge in [0.2, 0.25) is 0 Å². The van der Waals surface area contributed by atoms with Crippen LogP contribution in [0.15, 0.2) is 0 Å². The summed E-state index contributed by atoms with van der Waals surface area (Å²) in [6.45, 7) is 13.9. The number of nitrogens with one attached hydrogen (secondary N) is 3. The van der Waals surface area contributed by atoms with Crippen LogP contribution in [0, 0.1) is 11.8 Å². The summed E-state index contributed by atoms with van der Waals surface area (Å²) in [5.74, 6) is 1.07. The Morgan fingerprint density at radius 2 is 2.10 bits per heavy atom. The molecule has 1 aliphatic heterocycles. The molecule has 0 aromatic heterocycles. The molecule has 2 unspecified atom stereocenters. The Morgan fingerprint density at radius 3 is 2.62 bits per heavy atom. The number of piperidine rings is 1. The van der Waals surface area contributed by atoms with Crippen molar-refractivity contribution in [1.82, 2.24) is 16.0 Å². The summed E-state index contributed by atoms with van der Waals surface area (Å²) < 4.78 is 5.33. The SMILES string of the molecule is CC(C)C(CNCC1CCCNC1)NC(=O)OC(C)(C)C. The van der Waals surface area contributed by atoms with Gasteiger partial charge >= 0.3 is 6.09 Å². The van der Waals surface area contributed by atoms with Gasteiger partial charge in [-0.1, -0.05) is 13.8 Å². The van der Waals surface area contributed by atoms with Crippen LogP contribution in [-0.2, 0) is 4.74 Å². The third-order valence-corrected chi connectivity index (χ3v) is 3.70. The lowest BCUT2D eigenvalue weighted by Crippen LogP contribution is -2.48. The van der Waals surface area contributed by atoms with E-state index < -0.39 is 5.60 Å². The van der Waals surface area contributed by atoms with Crippen molar-refractivity contribution in [3.63, 3.8) is 0 Å². The minimum atomic E-state index is -0.452. The van der Waals surface area contributed by atoms with E-state index in [0.29, 0.717) is 11.8 Å². The van der Waals surface area contributed by atoms with E-state index in [1.807, 2.05) is 20.8 Å². The van der Waals surface area contributed by atoms with Crippen molar-refractivity contribution < 1.29 is 9.53 Å². The van der Waals surface area contributed by atoms with Gasteiger partial charge in [0.15, 0.2) is 0 Å². The first-order valence-corrected chi connectivity index (χ1v) is 8.19. The minimum absolute atomic E-state index is 0.0939. The lowest BCUT2D eigenvalue weighted by Gasteiger charge is -2.27. The highest BCUT2D eigenvalue weighted by Gasteiger charge is 2.21. The van der Waals surface area contributed by atoms with Crippen LogP contribution in [-0.4, -0.2) is 43.9 Å². The lowest BCUT2D eigenvalue weighted by atomic mass is 9.99. The van der Waals surface area contributed by atoms with Crippen molar-refractivity contribution in [2.75, 3.05) is 26.2 Å². The summed E-state index contributed by atoms with van der Waals surface area (Å²) in [5, 5.41) is 9.89. The lowest BCUT2D eigenvalue weighted by molar-refractivity contribution is 0.0490. The summed E-state index contributed by atoms with van der Waals surface area (Å²) in [7, 11) is 0. The molecular formula is C16H33N3O2. The van der Waals surface area contributed by atoms with E-state index in [0.717, 1.165) is 26.2 Å². The zero-order chi connectivity index (χ0) is 15.9. The van der Waals surface area contributed by atoms with Gasteiger partial charge < -0.3 is 20.7 Å². The Hall–Kier alpha value is -0.810. The Labute approximate surface area is 129 Å². The van der Waals surface area contributed by atoms with Crippen LogP contribution in [0.4, 0.5) is 4.79 Å². The maximum atomic E-state index is 11.9. The van der Waals surface area contributed by atoms with Gasteiger partial charge in [-0.05, 0) is 65.1 Å². The molecule has 0 spiro atoms. The second-order valence-corrected chi connectivity index (χ2v) is 7.37. The van der Waals surface area contributed by atoms with Gasteiger partial charge in [-0.25, -0.2) is 4.79 Å². The van der Waals surface area contributed by atoms with Crippen LogP contribution >= 0.6 is 0 Å². The monoisotopic (exact) mass is 299 g/mol. The normalized spacial score (nSPS) is 21.1. The van der Waals surface area contributed by atoms with Gasteiger partial charge in [-0.3, -0.25) is 0 Å². The van der Waals surface area contributed by atoms with E-state index in [1.54, 1.807) is 0 Å². The smallest absolute Gasteiger partial charge is 0.407 e. The average Bonchev–Trinajstić information content (AvgIpc) is 2.36. The topological polar surface area (TPSA) is 62.4 Å². The second-order valence-electron chi connectivity index (χ2n) is 7.37. The molecule has 5 nitrogen and oxygen atoms in total. The molecule has 1 amide bonds. The molecule has 0 bridgehead atoms. The molecule has 0 aromatic carbocycles. The molecule has 3 N–H and O–H groups in total. The van der Waals surface area contributed by atoms with Crippen LogP contribution in [0.3, 0.4) is 0 Å². The Morgan fingerprint density at radius 1 is 1.38 bits per heavy atom. The summed E-state index contributed by atoms with van der Waals surface area (Å²) >= 11 is 0. The first-order valence-electron chi connectivity index (χ1n) is 8.19. The van der Waals surface area contributed by atoms with Gasteiger partial charge in [-0.15, -0.1) is 0 Å². The molecule has 2 atom stereocenters. The molecular weight excluding hydrogens is 266 g/mol. The number of carbonyl (C=O) groups excluding carboxylic acids is 1. The van der Waals surface area contributed by atoms with Crippen LogP contribution in [0.5, 0.6) is 0 Å². The highest BCUT2D eigenvalue weighted by molar-refractivity contribution is 5.68. The maximum Gasteiger partial charge on any atom is 0.407 e. The van der Waals surface area contributed by atoms with Gasteiger partial charge in [0.05, 0.1) is 0 Å². The number of hydrogen-bond donors (Lipinski definition) is 3. The zero-order valence-corrected chi connectivity index (χ0v) is 14.3. The van der Waals surface area contributed by atoms with Crippen LogP contribution in [0.25, 0.3) is 0 Å². The second kappa shape index (κ2) is 8.59. The van der Waals surface area contributed by atoms with Crippen LogP contribution in [0.2, 0.25) is 0 Å². The molecule has 21 heavy (non-hydrogen) atoms. The maximum absolute atomic E-state index is 11.9. The number of hydrogen-bond acceptors (Lipinski definition) is 4. The quantitative estimate of drug-likeness (QED) is 0.703. The Balaban J connectivity index is 2.30. The van der Waals surface area contributed by atoms with E-state index in [1.165, 1.54) is 12.8 Å². The van der Waals surface area contributed by atoms with Gasteiger partial charge in [0, 0.05) is 12.6 Å². The summed E-state index contributed by atoms with van der Waals surface area (Å²) in [6.07, 6.45) is 2.21. The molecule has 1 aliphatic rings. The third-order valence-electron chi connectivity index (χ3n) is 3.70. The average molecular weight is 299 g/mol. The molecule has 124 valence electrons. The molecule has 0 saturated carbocycles. The fraction of sp³-hybridized carbons (Fsp3) is 0.938. The number of carbonyl (C=O) groups is 1. The van der Waals surface area contributed by atoms with Crippen molar-refractivity contribution in [1.29, 1.82) is 0 Å². The molecule has 0 aromatic rings. The minimum Gasteiger partial charge on any atom is -0.444 e. The van der Waals surface area contributed by atoms with Crippen LogP contribution < -0.4 is 16.0 Å². The van der Waals surface area contributed by atoms with Crippen LogP contribution in [0.1, 0.15) is 47.5 Å². The first-order chi connectivity index (χ1) is 9.78. The predicted octanol–water partition coefficient (Wildman–Crippen LogP) is 2.12. The number of rotatable bonds is 6. The van der Waals surface area contributed by atoms with Crippen molar-refractivity contribution in [3.05, 3.63) is 0 Å². The van der Waals surface area contributed by atoms with Crippen molar-refractivity contribution >= 4 is 6.09 Å². The highest BCUT2D eigenvalue weighted by Crippen LogP contribution is 2.10. The van der Waals surface area contributed by atoms with Crippen molar-refractivity contribution in [2.24, 2.45) is 11.8 Å². The summed E-state index contributed by atoms with van der Waals surface area (Å²) in [4.78, 5) is 11.9. The number of amides is 1. The van der Waals surface area contributed by atoms with E-state index in [2.05, 4.69) is 29.8 Å². The number of ether oxygens (including phenoxy) is 1. The first kappa shape index (κ1) is 18.2. The van der Waals surface area contributed by atoms with Gasteiger partial charge in [-0.2, -0.15) is 0 Å². The Kier molecular flexibility index (Phi) is 7.46. The van der Waals surface area contributed by atoms with E-state index >= 15 is 0 Å². The summed E-state index contributed by atoms with van der Waals surface area (Å²) in [5.41, 5.74) is -0.452. The third kappa shape index (κ3) is 8.27. The molecule has 0 radical (unpaired) electrons. The highest BCUT2D eigenvalue weighted by atomic mass is 16.6. The molecule has 1 rings (SSSR count). The molecule has 0 aliphatic carbocycles. The standard InChI is InChI=1S/C16H33N3O2/c1-12(2)14(19-15(20)21-16(3,4)5)11-18-10-13-7-6-8-17-9-13/h12-14,17-18H,6-11H2,1-5H3,(H,19,20). The fourth-order valence-corrected chi connectivity index (χ4v) is 2.45. The molecule has 1 heterocycles.